The van der Waals surface area contributed by atoms with E-state index in [4.69, 9.17) is 4.42 Å². The minimum Gasteiger partial charge on any atom is -0.450 e. The van der Waals surface area contributed by atoms with Crippen LogP contribution in [0.4, 0.5) is 5.82 Å². The summed E-state index contributed by atoms with van der Waals surface area (Å²) >= 11 is 0. The average Bonchev–Trinajstić information content (AvgIpc) is 3.30. The van der Waals surface area contributed by atoms with Crippen molar-refractivity contribution in [3.05, 3.63) is 30.6 Å². The molecule has 0 unspecified atom stereocenters. The second-order valence-corrected chi connectivity index (χ2v) is 7.39. The molecule has 1 saturated heterocycles. The molecule has 3 heterocycles. The smallest absolute Gasteiger partial charge is 0.242 e. The molecule has 0 N–H and O–H groups in total. The molecular formula is C20H22N4O2. The Balaban J connectivity index is 1.41. The molecule has 0 radical (unpaired) electrons. The Hall–Kier alpha value is -2.63. The van der Waals surface area contributed by atoms with Crippen LogP contribution in [0.25, 0.3) is 22.1 Å². The van der Waals surface area contributed by atoms with Crippen LogP contribution >= 0.6 is 0 Å². The van der Waals surface area contributed by atoms with Crippen molar-refractivity contribution in [2.24, 2.45) is 5.92 Å². The van der Waals surface area contributed by atoms with E-state index < -0.39 is 0 Å². The number of aromatic nitrogens is 2. The van der Waals surface area contributed by atoms with Crippen LogP contribution in [0, 0.1) is 5.92 Å². The molecular weight excluding hydrogens is 328 g/mol. The Kier molecular flexibility index (Phi) is 3.76. The zero-order valence-corrected chi connectivity index (χ0v) is 14.7. The van der Waals surface area contributed by atoms with E-state index in [1.165, 1.54) is 25.7 Å². The van der Waals surface area contributed by atoms with Gasteiger partial charge in [-0.3, -0.25) is 4.79 Å². The van der Waals surface area contributed by atoms with Gasteiger partial charge in [-0.2, -0.15) is 0 Å². The van der Waals surface area contributed by atoms with Crippen LogP contribution in [0.5, 0.6) is 0 Å². The van der Waals surface area contributed by atoms with E-state index in [0.717, 1.165) is 41.9 Å². The number of amides is 1. The van der Waals surface area contributed by atoms with Crippen molar-refractivity contribution in [2.75, 3.05) is 31.1 Å². The Morgan fingerprint density at radius 3 is 2.81 bits per heavy atom. The monoisotopic (exact) mass is 350 g/mol. The molecule has 5 rings (SSSR count). The van der Waals surface area contributed by atoms with Gasteiger partial charge in [0.05, 0.1) is 6.54 Å². The molecule has 1 aromatic carbocycles. The minimum absolute atomic E-state index is 0.186. The van der Waals surface area contributed by atoms with Crippen molar-refractivity contribution in [1.29, 1.82) is 0 Å². The Labute approximate surface area is 151 Å². The highest BCUT2D eigenvalue weighted by Gasteiger charge is 2.29. The SMILES string of the molecule is O=C1CN(c2ncnc3c2oc2ccccc23)CCN1CC1CCCC1. The van der Waals surface area contributed by atoms with Gasteiger partial charge in [0, 0.05) is 25.0 Å². The number of nitrogens with zero attached hydrogens (tertiary/aromatic N) is 4. The quantitative estimate of drug-likeness (QED) is 0.726. The third kappa shape index (κ3) is 2.60. The van der Waals surface area contributed by atoms with Gasteiger partial charge in [0.1, 0.15) is 17.4 Å². The van der Waals surface area contributed by atoms with Gasteiger partial charge in [0.15, 0.2) is 11.4 Å². The average molecular weight is 350 g/mol. The van der Waals surface area contributed by atoms with Crippen LogP contribution in [0.1, 0.15) is 25.7 Å². The minimum atomic E-state index is 0.186. The molecule has 3 aromatic rings. The van der Waals surface area contributed by atoms with Gasteiger partial charge in [-0.1, -0.05) is 25.0 Å². The summed E-state index contributed by atoms with van der Waals surface area (Å²) in [5.41, 5.74) is 2.28. The Morgan fingerprint density at radius 1 is 1.12 bits per heavy atom. The fourth-order valence-corrected chi connectivity index (χ4v) is 4.32. The highest BCUT2D eigenvalue weighted by atomic mass is 16.3. The second kappa shape index (κ2) is 6.27. The predicted molar refractivity (Wildman–Crippen MR) is 100 cm³/mol. The van der Waals surface area contributed by atoms with Gasteiger partial charge in [-0.15, -0.1) is 0 Å². The first-order chi connectivity index (χ1) is 12.8. The van der Waals surface area contributed by atoms with Crippen LogP contribution in [-0.2, 0) is 4.79 Å². The largest absolute Gasteiger partial charge is 0.450 e. The van der Waals surface area contributed by atoms with Gasteiger partial charge >= 0.3 is 0 Å². The van der Waals surface area contributed by atoms with Crippen LogP contribution in [0.15, 0.2) is 35.0 Å². The number of carbonyl (C=O) groups excluding carboxylic acids is 1. The number of piperazine rings is 1. The second-order valence-electron chi connectivity index (χ2n) is 7.39. The lowest BCUT2D eigenvalue weighted by atomic mass is 10.1. The van der Waals surface area contributed by atoms with Gasteiger partial charge < -0.3 is 14.2 Å². The van der Waals surface area contributed by atoms with Crippen LogP contribution in [0.2, 0.25) is 0 Å². The number of fused-ring (bicyclic) bond motifs is 3. The van der Waals surface area contributed by atoms with Crippen molar-refractivity contribution < 1.29 is 9.21 Å². The van der Waals surface area contributed by atoms with E-state index in [9.17, 15) is 4.79 Å². The van der Waals surface area contributed by atoms with Crippen molar-refractivity contribution in [2.45, 2.75) is 25.7 Å². The number of hydrogen-bond donors (Lipinski definition) is 0. The molecule has 2 aliphatic rings. The maximum atomic E-state index is 12.7. The molecule has 0 bridgehead atoms. The molecule has 1 amide bonds. The molecule has 1 aliphatic carbocycles. The highest BCUT2D eigenvalue weighted by molar-refractivity contribution is 6.05. The van der Waals surface area contributed by atoms with Crippen molar-refractivity contribution in [3.8, 4) is 0 Å². The van der Waals surface area contributed by atoms with Gasteiger partial charge in [0.25, 0.3) is 0 Å². The number of hydrogen-bond acceptors (Lipinski definition) is 5. The topological polar surface area (TPSA) is 62.5 Å². The highest BCUT2D eigenvalue weighted by Crippen LogP contribution is 2.33. The van der Waals surface area contributed by atoms with Crippen molar-refractivity contribution in [1.82, 2.24) is 14.9 Å². The van der Waals surface area contributed by atoms with E-state index in [2.05, 4.69) is 9.97 Å². The summed E-state index contributed by atoms with van der Waals surface area (Å²) < 4.78 is 6.01. The summed E-state index contributed by atoms with van der Waals surface area (Å²) in [6.45, 7) is 2.80. The molecule has 134 valence electrons. The molecule has 2 aromatic heterocycles. The fraction of sp³-hybridized carbons (Fsp3) is 0.450. The fourth-order valence-electron chi connectivity index (χ4n) is 4.32. The number of rotatable bonds is 3. The van der Waals surface area contributed by atoms with E-state index >= 15 is 0 Å². The summed E-state index contributed by atoms with van der Waals surface area (Å²) in [5.74, 6) is 1.60. The van der Waals surface area contributed by atoms with Crippen LogP contribution in [-0.4, -0.2) is 47.0 Å². The lowest BCUT2D eigenvalue weighted by Crippen LogP contribution is -2.51. The summed E-state index contributed by atoms with van der Waals surface area (Å²) in [4.78, 5) is 25.6. The standard InChI is InChI=1S/C20H22N4O2/c25-17-12-24(10-9-23(17)11-14-5-1-2-6-14)20-19-18(21-13-22-20)15-7-3-4-8-16(15)26-19/h3-4,7-8,13-14H,1-2,5-6,9-12H2. The van der Waals surface area contributed by atoms with Gasteiger partial charge in [0.2, 0.25) is 5.91 Å². The Bertz CT molecular complexity index is 961. The summed E-state index contributed by atoms with van der Waals surface area (Å²) in [5, 5.41) is 0.984. The van der Waals surface area contributed by atoms with E-state index in [1.807, 2.05) is 34.1 Å². The Morgan fingerprint density at radius 2 is 1.96 bits per heavy atom. The number of furan rings is 1. The first-order valence-corrected chi connectivity index (χ1v) is 9.44. The van der Waals surface area contributed by atoms with E-state index in [1.54, 1.807) is 6.33 Å². The number of para-hydroxylation sites is 1. The summed E-state index contributed by atoms with van der Waals surface area (Å²) in [7, 11) is 0. The molecule has 26 heavy (non-hydrogen) atoms. The van der Waals surface area contributed by atoms with Crippen molar-refractivity contribution >= 4 is 33.8 Å². The molecule has 2 fully saturated rings. The van der Waals surface area contributed by atoms with Crippen molar-refractivity contribution in [3.63, 3.8) is 0 Å². The molecule has 1 saturated carbocycles. The van der Waals surface area contributed by atoms with Gasteiger partial charge in [-0.05, 0) is 30.9 Å². The molecule has 0 spiro atoms. The summed E-state index contributed by atoms with van der Waals surface area (Å²) in [6.07, 6.45) is 6.71. The lowest BCUT2D eigenvalue weighted by molar-refractivity contribution is -0.131. The third-order valence-corrected chi connectivity index (χ3v) is 5.71. The predicted octanol–water partition coefficient (Wildman–Crippen LogP) is 3.21. The molecule has 6 heteroatoms. The van der Waals surface area contributed by atoms with Gasteiger partial charge in [-0.25, -0.2) is 9.97 Å². The molecule has 6 nitrogen and oxygen atoms in total. The normalized spacial score (nSPS) is 19.2. The maximum absolute atomic E-state index is 12.7. The zero-order chi connectivity index (χ0) is 17.5. The zero-order valence-electron chi connectivity index (χ0n) is 14.7. The third-order valence-electron chi connectivity index (χ3n) is 5.71. The lowest BCUT2D eigenvalue weighted by Gasteiger charge is -2.36. The summed E-state index contributed by atoms with van der Waals surface area (Å²) in [6, 6.07) is 7.86. The van der Waals surface area contributed by atoms with Crippen LogP contribution in [0.3, 0.4) is 0 Å². The first kappa shape index (κ1) is 15.6. The number of benzene rings is 1. The van der Waals surface area contributed by atoms with Crippen LogP contribution < -0.4 is 4.90 Å². The number of anilines is 1. The molecule has 1 aliphatic heterocycles. The number of carbonyl (C=O) groups is 1. The first-order valence-electron chi connectivity index (χ1n) is 9.44. The maximum Gasteiger partial charge on any atom is 0.242 e. The molecule has 0 atom stereocenters. The van der Waals surface area contributed by atoms with E-state index in [-0.39, 0.29) is 5.91 Å². The van der Waals surface area contributed by atoms with E-state index in [0.29, 0.717) is 18.0 Å².